The van der Waals surface area contributed by atoms with Gasteiger partial charge in [0, 0.05) is 11.7 Å². The number of aryl methyl sites for hydroxylation is 1. The molecule has 0 saturated heterocycles. The molecule has 98 valence electrons. The van der Waals surface area contributed by atoms with Crippen molar-refractivity contribution in [3.05, 3.63) is 29.3 Å². The summed E-state index contributed by atoms with van der Waals surface area (Å²) in [5.41, 5.74) is 2.43. The molecule has 2 N–H and O–H groups in total. The SMILES string of the molecule is Cc1cc(C(=O)O)ccc1NC1CCCC(C)C1. The van der Waals surface area contributed by atoms with Gasteiger partial charge in [-0.3, -0.25) is 0 Å². The largest absolute Gasteiger partial charge is 0.478 e. The lowest BCUT2D eigenvalue weighted by Gasteiger charge is -2.29. The molecule has 1 aromatic rings. The summed E-state index contributed by atoms with van der Waals surface area (Å²) < 4.78 is 0. The number of anilines is 1. The number of carboxylic acids is 1. The van der Waals surface area contributed by atoms with Gasteiger partial charge in [-0.1, -0.05) is 19.8 Å². The summed E-state index contributed by atoms with van der Waals surface area (Å²) in [6.45, 7) is 4.26. The quantitative estimate of drug-likeness (QED) is 0.856. The average Bonchev–Trinajstić information content (AvgIpc) is 2.31. The van der Waals surface area contributed by atoms with Crippen molar-refractivity contribution in [2.24, 2.45) is 5.92 Å². The summed E-state index contributed by atoms with van der Waals surface area (Å²) in [4.78, 5) is 10.9. The Hall–Kier alpha value is -1.51. The molecule has 0 aliphatic heterocycles. The molecule has 3 heteroatoms. The standard InChI is InChI=1S/C15H21NO2/c1-10-4-3-5-13(8-10)16-14-7-6-12(15(17)18)9-11(14)2/h6-7,9-10,13,16H,3-5,8H2,1-2H3,(H,17,18). The third kappa shape index (κ3) is 3.03. The van der Waals surface area contributed by atoms with Gasteiger partial charge in [0.2, 0.25) is 0 Å². The van der Waals surface area contributed by atoms with Gasteiger partial charge in [0.1, 0.15) is 0 Å². The Bertz CT molecular complexity index is 442. The van der Waals surface area contributed by atoms with Crippen LogP contribution in [-0.2, 0) is 0 Å². The van der Waals surface area contributed by atoms with E-state index in [9.17, 15) is 4.79 Å². The summed E-state index contributed by atoms with van der Waals surface area (Å²) in [5, 5.41) is 12.5. The number of hydrogen-bond donors (Lipinski definition) is 2. The molecular formula is C15H21NO2. The van der Waals surface area contributed by atoms with Gasteiger partial charge in [0.05, 0.1) is 5.56 Å². The smallest absolute Gasteiger partial charge is 0.335 e. The zero-order chi connectivity index (χ0) is 13.1. The van der Waals surface area contributed by atoms with Crippen LogP contribution in [0.4, 0.5) is 5.69 Å². The first-order valence-electron chi connectivity index (χ1n) is 6.66. The number of carbonyl (C=O) groups is 1. The molecule has 1 aromatic carbocycles. The van der Waals surface area contributed by atoms with Crippen LogP contribution >= 0.6 is 0 Å². The van der Waals surface area contributed by atoms with Gasteiger partial charge >= 0.3 is 5.97 Å². The van der Waals surface area contributed by atoms with Gasteiger partial charge in [0.25, 0.3) is 0 Å². The molecule has 2 rings (SSSR count). The zero-order valence-corrected chi connectivity index (χ0v) is 11.1. The number of carboxylic acid groups (broad SMARTS) is 1. The van der Waals surface area contributed by atoms with Crippen molar-refractivity contribution in [3.63, 3.8) is 0 Å². The highest BCUT2D eigenvalue weighted by molar-refractivity contribution is 5.88. The Morgan fingerprint density at radius 3 is 2.78 bits per heavy atom. The fourth-order valence-electron chi connectivity index (χ4n) is 2.74. The average molecular weight is 247 g/mol. The van der Waals surface area contributed by atoms with Crippen LogP contribution in [0.15, 0.2) is 18.2 Å². The van der Waals surface area contributed by atoms with Crippen molar-refractivity contribution in [2.75, 3.05) is 5.32 Å². The molecule has 3 nitrogen and oxygen atoms in total. The van der Waals surface area contributed by atoms with Crippen molar-refractivity contribution in [1.82, 2.24) is 0 Å². The minimum Gasteiger partial charge on any atom is -0.478 e. The minimum atomic E-state index is -0.865. The van der Waals surface area contributed by atoms with E-state index in [0.717, 1.165) is 17.2 Å². The van der Waals surface area contributed by atoms with Gasteiger partial charge in [0.15, 0.2) is 0 Å². The minimum absolute atomic E-state index is 0.357. The lowest BCUT2D eigenvalue weighted by molar-refractivity contribution is 0.0697. The second-order valence-corrected chi connectivity index (χ2v) is 5.45. The van der Waals surface area contributed by atoms with Gasteiger partial charge in [-0.2, -0.15) is 0 Å². The normalized spacial score (nSPS) is 23.7. The van der Waals surface area contributed by atoms with E-state index in [4.69, 9.17) is 5.11 Å². The van der Waals surface area contributed by atoms with Gasteiger partial charge in [-0.25, -0.2) is 4.79 Å². The third-order valence-corrected chi connectivity index (χ3v) is 3.77. The Morgan fingerprint density at radius 1 is 1.39 bits per heavy atom. The molecule has 2 atom stereocenters. The topological polar surface area (TPSA) is 49.3 Å². The predicted molar refractivity (Wildman–Crippen MR) is 73.2 cm³/mol. The number of rotatable bonds is 3. The van der Waals surface area contributed by atoms with Crippen LogP contribution in [0, 0.1) is 12.8 Å². The van der Waals surface area contributed by atoms with Crippen molar-refractivity contribution >= 4 is 11.7 Å². The molecule has 0 heterocycles. The summed E-state index contributed by atoms with van der Waals surface area (Å²) in [6, 6.07) is 5.82. The first-order valence-corrected chi connectivity index (χ1v) is 6.66. The number of hydrogen-bond acceptors (Lipinski definition) is 2. The molecule has 1 fully saturated rings. The number of aromatic carboxylic acids is 1. The number of nitrogens with one attached hydrogen (secondary N) is 1. The van der Waals surface area contributed by atoms with Crippen molar-refractivity contribution in [2.45, 2.75) is 45.6 Å². The third-order valence-electron chi connectivity index (χ3n) is 3.77. The van der Waals surface area contributed by atoms with Crippen molar-refractivity contribution < 1.29 is 9.90 Å². The highest BCUT2D eigenvalue weighted by Gasteiger charge is 2.19. The highest BCUT2D eigenvalue weighted by atomic mass is 16.4. The fourth-order valence-corrected chi connectivity index (χ4v) is 2.74. The molecule has 0 spiro atoms. The molecule has 1 aliphatic carbocycles. The molecular weight excluding hydrogens is 226 g/mol. The molecule has 1 aliphatic rings. The van der Waals surface area contributed by atoms with Crippen LogP contribution in [0.1, 0.15) is 48.5 Å². The fraction of sp³-hybridized carbons (Fsp3) is 0.533. The van der Waals surface area contributed by atoms with E-state index in [1.807, 2.05) is 13.0 Å². The maximum atomic E-state index is 10.9. The Balaban J connectivity index is 2.07. The first kappa shape index (κ1) is 12.9. The molecule has 0 bridgehead atoms. The van der Waals surface area contributed by atoms with E-state index in [1.165, 1.54) is 25.7 Å². The van der Waals surface area contributed by atoms with Gasteiger partial charge in [-0.15, -0.1) is 0 Å². The maximum absolute atomic E-state index is 10.9. The Kier molecular flexibility index (Phi) is 3.90. The summed E-state index contributed by atoms with van der Waals surface area (Å²) in [6.07, 6.45) is 5.03. The van der Waals surface area contributed by atoms with Crippen LogP contribution in [0.2, 0.25) is 0 Å². The molecule has 0 amide bonds. The molecule has 2 unspecified atom stereocenters. The zero-order valence-electron chi connectivity index (χ0n) is 11.1. The van der Waals surface area contributed by atoms with Gasteiger partial charge < -0.3 is 10.4 Å². The maximum Gasteiger partial charge on any atom is 0.335 e. The van der Waals surface area contributed by atoms with Crippen LogP contribution in [-0.4, -0.2) is 17.1 Å². The van der Waals surface area contributed by atoms with E-state index >= 15 is 0 Å². The van der Waals surface area contributed by atoms with E-state index in [1.54, 1.807) is 12.1 Å². The van der Waals surface area contributed by atoms with Gasteiger partial charge in [-0.05, 0) is 49.4 Å². The van der Waals surface area contributed by atoms with Crippen molar-refractivity contribution in [3.8, 4) is 0 Å². The molecule has 0 radical (unpaired) electrons. The second kappa shape index (κ2) is 5.42. The van der Waals surface area contributed by atoms with E-state index in [-0.39, 0.29) is 0 Å². The Morgan fingerprint density at radius 2 is 2.17 bits per heavy atom. The van der Waals surface area contributed by atoms with E-state index < -0.39 is 5.97 Å². The van der Waals surface area contributed by atoms with Crippen LogP contribution < -0.4 is 5.32 Å². The monoisotopic (exact) mass is 247 g/mol. The Labute approximate surface area is 108 Å². The first-order chi connectivity index (χ1) is 8.56. The predicted octanol–water partition coefficient (Wildman–Crippen LogP) is 3.68. The van der Waals surface area contributed by atoms with Crippen molar-refractivity contribution in [1.29, 1.82) is 0 Å². The molecule has 0 aromatic heterocycles. The lowest BCUT2D eigenvalue weighted by atomic mass is 9.87. The van der Waals surface area contributed by atoms with E-state index in [2.05, 4.69) is 12.2 Å². The van der Waals surface area contributed by atoms with E-state index in [0.29, 0.717) is 11.6 Å². The lowest BCUT2D eigenvalue weighted by Crippen LogP contribution is -2.26. The second-order valence-electron chi connectivity index (χ2n) is 5.45. The number of benzene rings is 1. The van der Waals surface area contributed by atoms with Crippen LogP contribution in [0.5, 0.6) is 0 Å². The molecule has 18 heavy (non-hydrogen) atoms. The molecule has 1 saturated carbocycles. The summed E-state index contributed by atoms with van der Waals surface area (Å²) in [7, 11) is 0. The summed E-state index contributed by atoms with van der Waals surface area (Å²) in [5.74, 6) is -0.0780. The van der Waals surface area contributed by atoms with Crippen LogP contribution in [0.25, 0.3) is 0 Å². The summed E-state index contributed by atoms with van der Waals surface area (Å²) >= 11 is 0. The van der Waals surface area contributed by atoms with Crippen LogP contribution in [0.3, 0.4) is 0 Å². The highest BCUT2D eigenvalue weighted by Crippen LogP contribution is 2.27.